The highest BCUT2D eigenvalue weighted by molar-refractivity contribution is 5.89. The van der Waals surface area contributed by atoms with Crippen LogP contribution >= 0.6 is 0 Å². The number of hydrogen-bond acceptors (Lipinski definition) is 4. The molecule has 0 unspecified atom stereocenters. The molecule has 2 N–H and O–H groups in total. The van der Waals surface area contributed by atoms with Crippen LogP contribution in [-0.2, 0) is 0 Å². The van der Waals surface area contributed by atoms with E-state index in [-0.39, 0.29) is 18.1 Å². The molecular formula is C17H23N5O2. The molecule has 0 aliphatic carbocycles. The first kappa shape index (κ1) is 16.4. The molecule has 1 aromatic carbocycles. The lowest BCUT2D eigenvalue weighted by Crippen LogP contribution is -2.46. The van der Waals surface area contributed by atoms with Crippen LogP contribution in [0.25, 0.3) is 5.69 Å². The molecule has 1 aromatic heterocycles. The first-order valence-corrected chi connectivity index (χ1v) is 8.29. The molecule has 0 spiro atoms. The van der Waals surface area contributed by atoms with Gasteiger partial charge in [-0.15, -0.1) is 5.10 Å². The normalized spacial score (nSPS) is 16.8. The number of aromatic nitrogens is 3. The van der Waals surface area contributed by atoms with E-state index in [1.54, 1.807) is 17.1 Å². The lowest BCUT2D eigenvalue weighted by atomic mass is 9.77. The molecule has 24 heavy (non-hydrogen) atoms. The van der Waals surface area contributed by atoms with Crippen LogP contribution in [0.15, 0.2) is 36.7 Å². The summed E-state index contributed by atoms with van der Waals surface area (Å²) in [6, 6.07) is 7.39. The molecule has 1 fully saturated rings. The Labute approximate surface area is 141 Å². The minimum absolute atomic E-state index is 0.0240. The maximum Gasteiger partial charge on any atom is 0.321 e. The van der Waals surface area contributed by atoms with Gasteiger partial charge in [-0.1, -0.05) is 18.2 Å². The average molecular weight is 329 g/mol. The van der Waals surface area contributed by atoms with Gasteiger partial charge in [-0.25, -0.2) is 9.48 Å². The molecule has 7 heteroatoms. The van der Waals surface area contributed by atoms with Crippen molar-refractivity contribution < 1.29 is 9.90 Å². The van der Waals surface area contributed by atoms with Gasteiger partial charge in [-0.3, -0.25) is 0 Å². The molecule has 3 rings (SSSR count). The second-order valence-electron chi connectivity index (χ2n) is 6.33. The van der Waals surface area contributed by atoms with Crippen molar-refractivity contribution in [2.75, 3.05) is 25.0 Å². The topological polar surface area (TPSA) is 83.3 Å². The van der Waals surface area contributed by atoms with E-state index in [2.05, 4.69) is 22.6 Å². The molecule has 1 aliphatic rings. The van der Waals surface area contributed by atoms with E-state index in [4.69, 9.17) is 0 Å². The summed E-state index contributed by atoms with van der Waals surface area (Å²) in [6.07, 6.45) is 5.99. The highest BCUT2D eigenvalue weighted by atomic mass is 16.3. The lowest BCUT2D eigenvalue weighted by Gasteiger charge is -2.40. The summed E-state index contributed by atoms with van der Waals surface area (Å²) < 4.78 is 1.65. The van der Waals surface area contributed by atoms with Crippen molar-refractivity contribution in [2.45, 2.75) is 26.2 Å². The number of carbonyl (C=O) groups is 1. The molecule has 2 heterocycles. The van der Waals surface area contributed by atoms with Gasteiger partial charge in [0.2, 0.25) is 0 Å². The molecule has 1 saturated heterocycles. The number of nitrogens with one attached hydrogen (secondary N) is 1. The van der Waals surface area contributed by atoms with Gasteiger partial charge in [0.15, 0.2) is 0 Å². The number of aliphatic hydroxyl groups excluding tert-OH is 1. The van der Waals surface area contributed by atoms with Crippen molar-refractivity contribution in [1.29, 1.82) is 0 Å². The van der Waals surface area contributed by atoms with Crippen LogP contribution in [0.1, 0.15) is 26.2 Å². The fourth-order valence-corrected chi connectivity index (χ4v) is 3.08. The number of carbonyl (C=O) groups excluding carboxylic acids is 1. The zero-order valence-corrected chi connectivity index (χ0v) is 13.9. The van der Waals surface area contributed by atoms with Crippen LogP contribution in [0.2, 0.25) is 0 Å². The van der Waals surface area contributed by atoms with Crippen LogP contribution in [-0.4, -0.2) is 50.7 Å². The summed E-state index contributed by atoms with van der Waals surface area (Å²) in [6.45, 7) is 3.63. The van der Waals surface area contributed by atoms with Crippen molar-refractivity contribution in [3.63, 3.8) is 0 Å². The van der Waals surface area contributed by atoms with Crippen molar-refractivity contribution in [3.8, 4) is 5.69 Å². The minimum atomic E-state index is -0.103. The molecule has 0 atom stereocenters. The van der Waals surface area contributed by atoms with Crippen LogP contribution in [0.3, 0.4) is 0 Å². The minimum Gasteiger partial charge on any atom is -0.396 e. The number of anilines is 1. The number of nitrogens with zero attached hydrogens (tertiary/aromatic N) is 4. The standard InChI is InChI=1S/C17H23N5O2/c1-2-17(13-23)6-9-21(10-7-17)16(24)19-14-4-3-5-15(12-14)22-11-8-18-20-22/h3-5,8,11-12,23H,2,6-7,9-10,13H2,1H3,(H,19,24). The van der Waals surface area contributed by atoms with E-state index >= 15 is 0 Å². The fourth-order valence-electron chi connectivity index (χ4n) is 3.08. The number of aliphatic hydroxyl groups is 1. The fraction of sp³-hybridized carbons (Fsp3) is 0.471. The van der Waals surface area contributed by atoms with E-state index in [0.29, 0.717) is 13.1 Å². The van der Waals surface area contributed by atoms with Crippen molar-refractivity contribution in [1.82, 2.24) is 19.9 Å². The van der Waals surface area contributed by atoms with Crippen molar-refractivity contribution in [2.24, 2.45) is 5.41 Å². The summed E-state index contributed by atoms with van der Waals surface area (Å²) in [7, 11) is 0. The largest absolute Gasteiger partial charge is 0.396 e. The summed E-state index contributed by atoms with van der Waals surface area (Å²) in [4.78, 5) is 14.3. The highest BCUT2D eigenvalue weighted by Crippen LogP contribution is 2.34. The number of likely N-dealkylation sites (tertiary alicyclic amines) is 1. The number of amides is 2. The van der Waals surface area contributed by atoms with Gasteiger partial charge in [0.1, 0.15) is 0 Å². The first-order valence-electron chi connectivity index (χ1n) is 8.29. The summed E-state index contributed by atoms with van der Waals surface area (Å²) >= 11 is 0. The number of benzene rings is 1. The van der Waals surface area contributed by atoms with E-state index in [0.717, 1.165) is 30.6 Å². The smallest absolute Gasteiger partial charge is 0.321 e. The second kappa shape index (κ2) is 7.00. The van der Waals surface area contributed by atoms with Gasteiger partial charge in [-0.05, 0) is 42.9 Å². The predicted molar refractivity (Wildman–Crippen MR) is 91.0 cm³/mol. The zero-order chi connectivity index (χ0) is 17.0. The van der Waals surface area contributed by atoms with E-state index in [1.807, 2.05) is 29.2 Å². The van der Waals surface area contributed by atoms with Crippen LogP contribution in [0.4, 0.5) is 10.5 Å². The molecule has 0 saturated carbocycles. The molecule has 2 amide bonds. The van der Waals surface area contributed by atoms with Gasteiger partial charge < -0.3 is 15.3 Å². The van der Waals surface area contributed by atoms with E-state index < -0.39 is 0 Å². The highest BCUT2D eigenvalue weighted by Gasteiger charge is 2.33. The third kappa shape index (κ3) is 3.41. The Morgan fingerprint density at radius 1 is 1.38 bits per heavy atom. The predicted octanol–water partition coefficient (Wildman–Crippen LogP) is 2.28. The Hall–Kier alpha value is -2.41. The van der Waals surface area contributed by atoms with E-state index in [9.17, 15) is 9.90 Å². The Bertz CT molecular complexity index is 672. The molecule has 0 radical (unpaired) electrons. The van der Waals surface area contributed by atoms with Crippen LogP contribution < -0.4 is 5.32 Å². The van der Waals surface area contributed by atoms with Crippen LogP contribution in [0.5, 0.6) is 0 Å². The molecule has 0 bridgehead atoms. The van der Waals surface area contributed by atoms with E-state index in [1.165, 1.54) is 0 Å². The lowest BCUT2D eigenvalue weighted by molar-refractivity contribution is 0.0542. The quantitative estimate of drug-likeness (QED) is 0.901. The van der Waals surface area contributed by atoms with Gasteiger partial charge in [0.25, 0.3) is 0 Å². The van der Waals surface area contributed by atoms with Gasteiger partial charge in [-0.2, -0.15) is 0 Å². The SMILES string of the molecule is CCC1(CO)CCN(C(=O)Nc2cccc(-n3ccnn3)c2)CC1. The van der Waals surface area contributed by atoms with Gasteiger partial charge in [0, 0.05) is 25.4 Å². The number of piperidine rings is 1. The van der Waals surface area contributed by atoms with Crippen molar-refractivity contribution in [3.05, 3.63) is 36.7 Å². The second-order valence-corrected chi connectivity index (χ2v) is 6.33. The average Bonchev–Trinajstić information content (AvgIpc) is 3.17. The maximum absolute atomic E-state index is 12.5. The van der Waals surface area contributed by atoms with Gasteiger partial charge >= 0.3 is 6.03 Å². The number of urea groups is 1. The molecule has 2 aromatic rings. The molecule has 128 valence electrons. The maximum atomic E-state index is 12.5. The summed E-state index contributed by atoms with van der Waals surface area (Å²) in [5.74, 6) is 0. The Morgan fingerprint density at radius 3 is 2.79 bits per heavy atom. The Balaban J connectivity index is 1.63. The molecule has 1 aliphatic heterocycles. The summed E-state index contributed by atoms with van der Waals surface area (Å²) in [5, 5.41) is 20.3. The van der Waals surface area contributed by atoms with Gasteiger partial charge in [0.05, 0.1) is 18.1 Å². The molecule has 7 nitrogen and oxygen atoms in total. The van der Waals surface area contributed by atoms with Crippen LogP contribution in [0, 0.1) is 5.41 Å². The molecular weight excluding hydrogens is 306 g/mol. The monoisotopic (exact) mass is 329 g/mol. The number of rotatable bonds is 4. The first-order chi connectivity index (χ1) is 11.7. The third-order valence-corrected chi connectivity index (χ3v) is 4.98. The Kier molecular flexibility index (Phi) is 4.80. The summed E-state index contributed by atoms with van der Waals surface area (Å²) in [5.41, 5.74) is 1.54. The number of hydrogen-bond donors (Lipinski definition) is 2. The Morgan fingerprint density at radius 2 is 2.17 bits per heavy atom. The third-order valence-electron chi connectivity index (χ3n) is 4.98. The van der Waals surface area contributed by atoms with Crippen molar-refractivity contribution >= 4 is 11.7 Å². The zero-order valence-electron chi connectivity index (χ0n) is 13.9.